The fraction of sp³-hybridized carbons (Fsp3) is 0.917. The Hall–Kier alpha value is -0.860. The van der Waals surface area contributed by atoms with Crippen molar-refractivity contribution in [3.8, 4) is 0 Å². The van der Waals surface area contributed by atoms with Gasteiger partial charge in [0.25, 0.3) is 0 Å². The predicted octanol–water partition coefficient (Wildman–Crippen LogP) is 5.56. The third-order valence-electron chi connectivity index (χ3n) is 9.84. The molecule has 0 amide bonds. The number of esters is 1. The van der Waals surface area contributed by atoms with E-state index in [9.17, 15) is 9.59 Å². The Bertz CT molecular complexity index is 598. The largest absolute Gasteiger partial charge is 0.469 e. The molecule has 0 aromatic heterocycles. The van der Waals surface area contributed by atoms with E-state index in [1.165, 1.54) is 52.1 Å². The molecule has 0 saturated heterocycles. The van der Waals surface area contributed by atoms with Gasteiger partial charge in [-0.05, 0) is 98.2 Å². The van der Waals surface area contributed by atoms with E-state index in [1.807, 2.05) is 0 Å². The summed E-state index contributed by atoms with van der Waals surface area (Å²) in [7, 11) is 1.49. The van der Waals surface area contributed by atoms with E-state index in [0.29, 0.717) is 29.0 Å². The Kier molecular flexibility index (Phi) is 5.18. The highest BCUT2D eigenvalue weighted by atomic mass is 16.5. The molecule has 0 bridgehead atoms. The summed E-state index contributed by atoms with van der Waals surface area (Å²) in [5.41, 5.74) is 0.895. The molecule has 3 nitrogen and oxygen atoms in total. The second-order valence-electron chi connectivity index (χ2n) is 10.7. The molecule has 4 rings (SSSR count). The van der Waals surface area contributed by atoms with Gasteiger partial charge in [0.05, 0.1) is 7.11 Å². The molecular formula is C24H38O3. The number of hydrogen-bond donors (Lipinski definition) is 0. The molecule has 0 aromatic carbocycles. The molecule has 4 aliphatic rings. The summed E-state index contributed by atoms with van der Waals surface area (Å²) in [5, 5.41) is 0. The molecule has 3 heteroatoms. The number of Topliss-reactive ketones (excluding diaryl/α,β-unsaturated/α-hetero) is 1. The topological polar surface area (TPSA) is 43.4 Å². The second-order valence-corrected chi connectivity index (χ2v) is 10.7. The lowest BCUT2D eigenvalue weighted by Crippen LogP contribution is -2.53. The van der Waals surface area contributed by atoms with E-state index >= 15 is 0 Å². The first-order valence-corrected chi connectivity index (χ1v) is 11.5. The van der Waals surface area contributed by atoms with Crippen LogP contribution in [0.15, 0.2) is 0 Å². The van der Waals surface area contributed by atoms with Crippen LogP contribution in [-0.2, 0) is 14.3 Å². The summed E-state index contributed by atoms with van der Waals surface area (Å²) in [6.07, 6.45) is 13.7. The summed E-state index contributed by atoms with van der Waals surface area (Å²) in [6, 6.07) is 0. The molecule has 2 unspecified atom stereocenters. The molecule has 4 saturated carbocycles. The molecule has 7 atom stereocenters. The minimum absolute atomic E-state index is 0.0588. The van der Waals surface area contributed by atoms with E-state index in [2.05, 4.69) is 13.8 Å². The summed E-state index contributed by atoms with van der Waals surface area (Å²) >= 11 is 0. The molecule has 4 fully saturated rings. The molecule has 0 N–H and O–H groups in total. The van der Waals surface area contributed by atoms with Crippen LogP contribution in [0.1, 0.15) is 90.9 Å². The second kappa shape index (κ2) is 7.19. The van der Waals surface area contributed by atoms with Crippen LogP contribution in [0, 0.1) is 40.4 Å². The SMILES string of the molecule is COC(=O)CCC[C@H]1CCC2[C@@H]3CC[C@@H]4CC(=O)CC[C@]4(C)C3CC[C@@]21C. The lowest BCUT2D eigenvalue weighted by atomic mass is 9.44. The molecule has 0 aromatic rings. The third-order valence-corrected chi connectivity index (χ3v) is 9.84. The van der Waals surface area contributed by atoms with E-state index in [-0.39, 0.29) is 5.97 Å². The predicted molar refractivity (Wildman–Crippen MR) is 106 cm³/mol. The van der Waals surface area contributed by atoms with Crippen molar-refractivity contribution >= 4 is 11.8 Å². The zero-order chi connectivity index (χ0) is 19.2. The summed E-state index contributed by atoms with van der Waals surface area (Å²) in [4.78, 5) is 23.5. The van der Waals surface area contributed by atoms with Gasteiger partial charge in [0.2, 0.25) is 0 Å². The average molecular weight is 375 g/mol. The van der Waals surface area contributed by atoms with Gasteiger partial charge in [0.15, 0.2) is 0 Å². The van der Waals surface area contributed by atoms with Crippen LogP contribution in [0.25, 0.3) is 0 Å². The fourth-order valence-electron chi connectivity index (χ4n) is 8.22. The maximum absolute atomic E-state index is 12.0. The Morgan fingerprint density at radius 2 is 1.81 bits per heavy atom. The van der Waals surface area contributed by atoms with Crippen molar-refractivity contribution in [1.29, 1.82) is 0 Å². The first-order valence-electron chi connectivity index (χ1n) is 11.5. The first-order chi connectivity index (χ1) is 12.9. The summed E-state index contributed by atoms with van der Waals surface area (Å²) in [6.45, 7) is 5.11. The number of carbonyl (C=O) groups excluding carboxylic acids is 2. The van der Waals surface area contributed by atoms with Crippen LogP contribution < -0.4 is 0 Å². The van der Waals surface area contributed by atoms with E-state index < -0.39 is 0 Å². The van der Waals surface area contributed by atoms with Crippen LogP contribution in [0.5, 0.6) is 0 Å². The van der Waals surface area contributed by atoms with Gasteiger partial charge in [-0.1, -0.05) is 13.8 Å². The smallest absolute Gasteiger partial charge is 0.305 e. The van der Waals surface area contributed by atoms with Gasteiger partial charge in [-0.2, -0.15) is 0 Å². The van der Waals surface area contributed by atoms with Gasteiger partial charge in [0, 0.05) is 19.3 Å². The van der Waals surface area contributed by atoms with Crippen LogP contribution >= 0.6 is 0 Å². The molecule has 4 aliphatic carbocycles. The van der Waals surface area contributed by atoms with Crippen molar-refractivity contribution in [2.75, 3.05) is 7.11 Å². The number of hydrogen-bond acceptors (Lipinski definition) is 3. The van der Waals surface area contributed by atoms with Crippen molar-refractivity contribution in [3.05, 3.63) is 0 Å². The van der Waals surface area contributed by atoms with Gasteiger partial charge in [-0.25, -0.2) is 0 Å². The molecule has 27 heavy (non-hydrogen) atoms. The average Bonchev–Trinajstić information content (AvgIpc) is 2.99. The Labute approximate surface area is 165 Å². The van der Waals surface area contributed by atoms with Gasteiger partial charge >= 0.3 is 5.97 Å². The monoisotopic (exact) mass is 374 g/mol. The van der Waals surface area contributed by atoms with E-state index in [4.69, 9.17) is 4.74 Å². The Morgan fingerprint density at radius 1 is 1.04 bits per heavy atom. The van der Waals surface area contributed by atoms with Crippen molar-refractivity contribution in [1.82, 2.24) is 0 Å². The third kappa shape index (κ3) is 3.17. The van der Waals surface area contributed by atoms with E-state index in [1.54, 1.807) is 0 Å². The van der Waals surface area contributed by atoms with Crippen molar-refractivity contribution in [2.45, 2.75) is 90.9 Å². The number of carbonyl (C=O) groups is 2. The Morgan fingerprint density at radius 3 is 2.59 bits per heavy atom. The van der Waals surface area contributed by atoms with E-state index in [0.717, 1.165) is 49.4 Å². The Balaban J connectivity index is 1.45. The van der Waals surface area contributed by atoms with Crippen LogP contribution in [0.3, 0.4) is 0 Å². The number of rotatable bonds is 4. The van der Waals surface area contributed by atoms with Crippen LogP contribution in [0.4, 0.5) is 0 Å². The molecule has 0 heterocycles. The highest BCUT2D eigenvalue weighted by Gasteiger charge is 2.59. The highest BCUT2D eigenvalue weighted by molar-refractivity contribution is 5.79. The normalized spacial score (nSPS) is 46.3. The molecule has 0 radical (unpaired) electrons. The quantitative estimate of drug-likeness (QED) is 0.605. The zero-order valence-corrected chi connectivity index (χ0v) is 17.6. The minimum Gasteiger partial charge on any atom is -0.469 e. The van der Waals surface area contributed by atoms with Crippen LogP contribution in [0.2, 0.25) is 0 Å². The van der Waals surface area contributed by atoms with Gasteiger partial charge in [0.1, 0.15) is 5.78 Å². The first kappa shape index (κ1) is 19.5. The number of ketones is 1. The lowest BCUT2D eigenvalue weighted by molar-refractivity contribution is -0.141. The van der Waals surface area contributed by atoms with Crippen molar-refractivity contribution < 1.29 is 14.3 Å². The molecular weight excluding hydrogens is 336 g/mol. The minimum atomic E-state index is -0.0588. The van der Waals surface area contributed by atoms with Gasteiger partial charge in [-0.3, -0.25) is 9.59 Å². The number of ether oxygens (including phenoxy) is 1. The standard InChI is InChI=1S/C24H38O3/c1-23-14-12-21-19(9-7-17-15-18(25)11-13-24(17,21)2)20(23)10-8-16(23)5-4-6-22(26)27-3/h16-17,19-21H,4-15H2,1-3H3/t16-,17+,19-,20?,21?,23+,24-/m0/s1. The van der Waals surface area contributed by atoms with Crippen molar-refractivity contribution in [3.63, 3.8) is 0 Å². The maximum Gasteiger partial charge on any atom is 0.305 e. The highest BCUT2D eigenvalue weighted by Crippen LogP contribution is 2.67. The lowest BCUT2D eigenvalue weighted by Gasteiger charge is -2.60. The summed E-state index contributed by atoms with van der Waals surface area (Å²) < 4.78 is 4.82. The van der Waals surface area contributed by atoms with Crippen molar-refractivity contribution in [2.24, 2.45) is 40.4 Å². The maximum atomic E-state index is 12.0. The van der Waals surface area contributed by atoms with Crippen LogP contribution in [-0.4, -0.2) is 18.9 Å². The molecule has 0 spiro atoms. The number of methoxy groups -OCH3 is 1. The molecule has 152 valence electrons. The number of fused-ring (bicyclic) bond motifs is 5. The fourth-order valence-corrected chi connectivity index (χ4v) is 8.22. The zero-order valence-electron chi connectivity index (χ0n) is 17.6. The van der Waals surface area contributed by atoms with Gasteiger partial charge < -0.3 is 4.74 Å². The van der Waals surface area contributed by atoms with Gasteiger partial charge in [-0.15, -0.1) is 0 Å². The molecule has 0 aliphatic heterocycles. The summed E-state index contributed by atoms with van der Waals surface area (Å²) in [5.74, 6) is 4.49.